The van der Waals surface area contributed by atoms with Crippen LogP contribution in [0.5, 0.6) is 0 Å². The maximum Gasteiger partial charge on any atom is 0.334 e. The number of esters is 1. The van der Waals surface area contributed by atoms with Gasteiger partial charge in [0.25, 0.3) is 0 Å². The summed E-state index contributed by atoms with van der Waals surface area (Å²) in [4.78, 5) is 12.7. The third-order valence-electron chi connectivity index (χ3n) is 4.79. The fourth-order valence-corrected chi connectivity index (χ4v) is 7.24. The summed E-state index contributed by atoms with van der Waals surface area (Å²) in [5.74, 6) is -0.283. The number of allylic oxidation sites excluding steroid dienone is 1. The molecule has 3 nitrogen and oxygen atoms in total. The summed E-state index contributed by atoms with van der Waals surface area (Å²) >= 11 is 0. The minimum Gasteiger partial charge on any atom is -0.467 e. The molecule has 5 heteroatoms. The largest absolute Gasteiger partial charge is 0.467 e. The zero-order valence-corrected chi connectivity index (χ0v) is 18.3. The van der Waals surface area contributed by atoms with Gasteiger partial charge in [-0.1, -0.05) is 67.7 Å². The summed E-state index contributed by atoms with van der Waals surface area (Å²) < 4.78 is 11.5. The molecule has 0 saturated carbocycles. The van der Waals surface area contributed by atoms with Gasteiger partial charge >= 0.3 is 5.97 Å². The lowest BCUT2D eigenvalue weighted by molar-refractivity contribution is -0.150. The molecule has 0 bridgehead atoms. The molecule has 2 atom stereocenters. The molecule has 134 valence electrons. The van der Waals surface area contributed by atoms with Crippen molar-refractivity contribution < 1.29 is 14.0 Å². The average molecular weight is 365 g/mol. The Morgan fingerprint density at radius 3 is 2.08 bits per heavy atom. The Balaban J connectivity index is 3.51. The molecule has 0 aliphatic heterocycles. The first kappa shape index (κ1) is 20.9. The number of hydrogen-bond acceptors (Lipinski definition) is 3. The molecule has 1 rings (SSSR count). The molecule has 0 aliphatic rings. The molecule has 0 heterocycles. The number of carbonyl (C=O) groups is 1. The van der Waals surface area contributed by atoms with E-state index in [4.69, 9.17) is 9.16 Å². The predicted molar refractivity (Wildman–Crippen MR) is 107 cm³/mol. The van der Waals surface area contributed by atoms with Crippen molar-refractivity contribution in [1.82, 2.24) is 0 Å². The molecular formula is C19H32O3Si2. The normalized spacial score (nSPS) is 16.7. The smallest absolute Gasteiger partial charge is 0.334 e. The maximum atomic E-state index is 12.7. The van der Waals surface area contributed by atoms with Crippen LogP contribution in [0.1, 0.15) is 13.8 Å². The molecule has 0 amide bonds. The van der Waals surface area contributed by atoms with Gasteiger partial charge in [-0.3, -0.25) is 0 Å². The van der Waals surface area contributed by atoms with E-state index >= 15 is 0 Å². The molecule has 0 unspecified atom stereocenters. The van der Waals surface area contributed by atoms with Crippen molar-refractivity contribution in [2.75, 3.05) is 7.11 Å². The van der Waals surface area contributed by atoms with Crippen LogP contribution in [-0.2, 0) is 14.0 Å². The van der Waals surface area contributed by atoms with Crippen molar-refractivity contribution in [2.24, 2.45) is 0 Å². The molecule has 1 aromatic carbocycles. The van der Waals surface area contributed by atoms with Crippen molar-refractivity contribution in [3.05, 3.63) is 42.5 Å². The molecule has 24 heavy (non-hydrogen) atoms. The van der Waals surface area contributed by atoms with E-state index in [-0.39, 0.29) is 5.97 Å². The Morgan fingerprint density at radius 1 is 1.12 bits per heavy atom. The van der Waals surface area contributed by atoms with E-state index in [1.165, 1.54) is 12.3 Å². The fraction of sp³-hybridized carbons (Fsp3) is 0.526. The number of rotatable bonds is 7. The quantitative estimate of drug-likeness (QED) is 0.410. The maximum absolute atomic E-state index is 12.7. The van der Waals surface area contributed by atoms with Crippen LogP contribution in [0.2, 0.25) is 37.8 Å². The first-order valence-electron chi connectivity index (χ1n) is 8.44. The number of benzene rings is 1. The third kappa shape index (κ3) is 4.46. The minimum atomic E-state index is -2.09. The van der Waals surface area contributed by atoms with Gasteiger partial charge in [0.15, 0.2) is 8.32 Å². The van der Waals surface area contributed by atoms with Crippen molar-refractivity contribution in [2.45, 2.75) is 57.7 Å². The standard InChI is InChI=1S/C19H32O3Si2/c1-9-15-19(2,17(18(20)21-3)22-23(4,5)6)24(7,8)16-13-11-10-12-14-16/h9-15,17H,1-8H3/b15-9+/t17-,19-/m1/s1. The average Bonchev–Trinajstić information content (AvgIpc) is 2.51. The van der Waals surface area contributed by atoms with Gasteiger partial charge in [0.1, 0.15) is 6.10 Å². The second kappa shape index (κ2) is 7.80. The number of carbonyl (C=O) groups excluding carboxylic acids is 1. The lowest BCUT2D eigenvalue weighted by Gasteiger charge is -2.46. The highest BCUT2D eigenvalue weighted by Gasteiger charge is 2.52. The summed E-state index contributed by atoms with van der Waals surface area (Å²) in [7, 11) is -2.58. The van der Waals surface area contributed by atoms with Gasteiger partial charge in [0, 0.05) is 5.04 Å². The second-order valence-electron chi connectivity index (χ2n) is 7.91. The molecular weight excluding hydrogens is 332 g/mol. The van der Waals surface area contributed by atoms with Crippen LogP contribution in [0.3, 0.4) is 0 Å². The SMILES string of the molecule is C/C=C/[C@](C)([C@H](O[Si](C)(C)C)C(=O)OC)[Si](C)(C)c1ccccc1. The van der Waals surface area contributed by atoms with Gasteiger partial charge in [-0.05, 0) is 26.6 Å². The molecule has 0 aliphatic carbocycles. The Kier molecular flexibility index (Phi) is 6.79. The summed E-state index contributed by atoms with van der Waals surface area (Å²) in [6.07, 6.45) is 3.59. The molecule has 0 spiro atoms. The van der Waals surface area contributed by atoms with Gasteiger partial charge in [-0.15, -0.1) is 0 Å². The lowest BCUT2D eigenvalue weighted by atomic mass is 10.0. The second-order valence-corrected chi connectivity index (χ2v) is 17.3. The Labute approximate surface area is 149 Å². The van der Waals surface area contributed by atoms with Crippen molar-refractivity contribution in [3.63, 3.8) is 0 Å². The first-order chi connectivity index (χ1) is 11.0. The highest BCUT2D eigenvalue weighted by molar-refractivity contribution is 6.93. The van der Waals surface area contributed by atoms with Gasteiger partial charge < -0.3 is 9.16 Å². The van der Waals surface area contributed by atoms with E-state index in [1.807, 2.05) is 19.1 Å². The molecule has 0 radical (unpaired) electrons. The monoisotopic (exact) mass is 364 g/mol. The van der Waals surface area contributed by atoms with Crippen LogP contribution >= 0.6 is 0 Å². The van der Waals surface area contributed by atoms with Gasteiger partial charge in [-0.2, -0.15) is 0 Å². The van der Waals surface area contributed by atoms with Crippen molar-refractivity contribution >= 4 is 27.5 Å². The van der Waals surface area contributed by atoms with Crippen molar-refractivity contribution in [3.8, 4) is 0 Å². The lowest BCUT2D eigenvalue weighted by Crippen LogP contribution is -2.59. The number of methoxy groups -OCH3 is 1. The molecule has 0 N–H and O–H groups in total. The zero-order chi connectivity index (χ0) is 18.6. The Morgan fingerprint density at radius 2 is 1.67 bits per heavy atom. The van der Waals surface area contributed by atoms with Crippen LogP contribution in [0.25, 0.3) is 0 Å². The van der Waals surface area contributed by atoms with Crippen molar-refractivity contribution in [1.29, 1.82) is 0 Å². The Hall–Kier alpha value is -1.18. The van der Waals surface area contributed by atoms with Crippen LogP contribution in [0.15, 0.2) is 42.5 Å². The fourth-order valence-electron chi connectivity index (χ4n) is 3.01. The van der Waals surface area contributed by atoms with Crippen LogP contribution in [0, 0.1) is 0 Å². The summed E-state index contributed by atoms with van der Waals surface area (Å²) in [5, 5.41) is 0.898. The summed E-state index contributed by atoms with van der Waals surface area (Å²) in [5.41, 5.74) is 0. The number of hydrogen-bond donors (Lipinski definition) is 0. The van der Waals surface area contributed by atoms with E-state index in [0.29, 0.717) is 0 Å². The molecule has 1 aromatic rings. The minimum absolute atomic E-state index is 0.283. The van der Waals surface area contributed by atoms with E-state index in [2.05, 4.69) is 70.0 Å². The van der Waals surface area contributed by atoms with Crippen LogP contribution in [0.4, 0.5) is 0 Å². The van der Waals surface area contributed by atoms with Crippen LogP contribution in [-0.4, -0.2) is 35.6 Å². The summed E-state index contributed by atoms with van der Waals surface area (Å²) in [6, 6.07) is 10.5. The van der Waals surface area contributed by atoms with Gasteiger partial charge in [0.05, 0.1) is 15.2 Å². The highest BCUT2D eigenvalue weighted by Crippen LogP contribution is 2.45. The summed E-state index contributed by atoms with van der Waals surface area (Å²) in [6.45, 7) is 15.1. The van der Waals surface area contributed by atoms with E-state index in [1.54, 1.807) is 0 Å². The molecule has 0 fully saturated rings. The van der Waals surface area contributed by atoms with Gasteiger partial charge in [-0.25, -0.2) is 4.79 Å². The predicted octanol–water partition coefficient (Wildman–Crippen LogP) is 4.33. The number of ether oxygens (including phenoxy) is 1. The van der Waals surface area contributed by atoms with Gasteiger partial charge in [0.2, 0.25) is 0 Å². The topological polar surface area (TPSA) is 35.5 Å². The van der Waals surface area contributed by atoms with E-state index in [9.17, 15) is 4.79 Å². The molecule has 0 aromatic heterocycles. The van der Waals surface area contributed by atoms with E-state index in [0.717, 1.165) is 0 Å². The van der Waals surface area contributed by atoms with Crippen LogP contribution < -0.4 is 5.19 Å². The highest BCUT2D eigenvalue weighted by atomic mass is 28.4. The zero-order valence-electron chi connectivity index (χ0n) is 16.3. The Bertz CT molecular complexity index is 576. The first-order valence-corrected chi connectivity index (χ1v) is 14.9. The third-order valence-corrected chi connectivity index (χ3v) is 10.6. The van der Waals surface area contributed by atoms with E-state index < -0.39 is 27.5 Å². The molecule has 0 saturated heterocycles.